The monoisotopic (exact) mass is 319 g/mol. The van der Waals surface area contributed by atoms with Gasteiger partial charge in [-0.05, 0) is 31.5 Å². The Bertz CT molecular complexity index is 629. The molecule has 1 aromatic carbocycles. The molecule has 4 atom stereocenters. The largest absolute Gasteiger partial charge is 0.459 e. The highest BCUT2D eigenvalue weighted by Gasteiger charge is 2.54. The Hall–Kier alpha value is -2.12. The zero-order chi connectivity index (χ0) is 16.4. The van der Waals surface area contributed by atoms with Crippen molar-refractivity contribution < 1.29 is 23.7 Å². The van der Waals surface area contributed by atoms with Crippen molar-refractivity contribution in [3.8, 4) is 0 Å². The molecule has 122 valence electrons. The number of carbonyl (C=O) groups is 1. The van der Waals surface area contributed by atoms with Crippen LogP contribution in [0, 0.1) is 0 Å². The highest BCUT2D eigenvalue weighted by molar-refractivity contribution is 5.89. The molecule has 0 saturated carbocycles. The maximum atomic E-state index is 12.0. The molecule has 1 aromatic rings. The van der Waals surface area contributed by atoms with Crippen LogP contribution >= 0.6 is 0 Å². The average Bonchev–Trinajstić information content (AvgIpc) is 2.99. The average molecular weight is 319 g/mol. The van der Waals surface area contributed by atoms with E-state index in [4.69, 9.17) is 24.5 Å². The van der Waals surface area contributed by atoms with Gasteiger partial charge >= 0.3 is 5.97 Å². The zero-order valence-corrected chi connectivity index (χ0v) is 12.8. The summed E-state index contributed by atoms with van der Waals surface area (Å²) >= 11 is 0. The van der Waals surface area contributed by atoms with Crippen molar-refractivity contribution in [2.24, 2.45) is 5.11 Å². The molecule has 0 aliphatic carbocycles. The van der Waals surface area contributed by atoms with Gasteiger partial charge in [0.2, 0.25) is 0 Å². The summed E-state index contributed by atoms with van der Waals surface area (Å²) in [7, 11) is 0. The summed E-state index contributed by atoms with van der Waals surface area (Å²) in [5.74, 6) is -1.27. The van der Waals surface area contributed by atoms with Crippen LogP contribution in [0.25, 0.3) is 10.4 Å². The van der Waals surface area contributed by atoms with Crippen LogP contribution in [-0.2, 0) is 18.9 Å². The molecule has 2 fully saturated rings. The summed E-state index contributed by atoms with van der Waals surface area (Å²) in [5.41, 5.74) is 9.19. The van der Waals surface area contributed by atoms with E-state index in [1.54, 1.807) is 38.1 Å². The van der Waals surface area contributed by atoms with E-state index in [-0.39, 0.29) is 6.61 Å². The number of ether oxygens (including phenoxy) is 4. The molecule has 0 amide bonds. The van der Waals surface area contributed by atoms with Gasteiger partial charge in [0.05, 0.1) is 11.6 Å². The third-order valence-electron chi connectivity index (χ3n) is 3.69. The van der Waals surface area contributed by atoms with Gasteiger partial charge in [-0.25, -0.2) is 4.79 Å². The molecule has 3 rings (SSSR count). The van der Waals surface area contributed by atoms with Crippen LogP contribution in [-0.4, -0.2) is 42.9 Å². The molecule has 2 saturated heterocycles. The lowest BCUT2D eigenvalue weighted by Crippen LogP contribution is -2.35. The maximum Gasteiger partial charge on any atom is 0.338 e. The second-order valence-electron chi connectivity index (χ2n) is 5.80. The quantitative estimate of drug-likeness (QED) is 0.367. The van der Waals surface area contributed by atoms with Gasteiger partial charge in [0.1, 0.15) is 18.8 Å². The van der Waals surface area contributed by atoms with Gasteiger partial charge < -0.3 is 18.9 Å². The first-order valence-electron chi connectivity index (χ1n) is 7.28. The van der Waals surface area contributed by atoms with E-state index in [1.165, 1.54) is 0 Å². The van der Waals surface area contributed by atoms with E-state index in [2.05, 4.69) is 10.0 Å². The summed E-state index contributed by atoms with van der Waals surface area (Å²) in [6.45, 7) is 3.47. The third-order valence-corrected chi connectivity index (χ3v) is 3.69. The fourth-order valence-electron chi connectivity index (χ4n) is 2.71. The molecule has 2 aliphatic heterocycles. The highest BCUT2D eigenvalue weighted by Crippen LogP contribution is 2.38. The van der Waals surface area contributed by atoms with E-state index < -0.39 is 36.3 Å². The first kappa shape index (κ1) is 15.8. The summed E-state index contributed by atoms with van der Waals surface area (Å²) in [6.07, 6.45) is -1.76. The van der Waals surface area contributed by atoms with Crippen LogP contribution in [0.15, 0.2) is 35.4 Å². The summed E-state index contributed by atoms with van der Waals surface area (Å²) < 4.78 is 22.2. The van der Waals surface area contributed by atoms with E-state index in [0.29, 0.717) is 5.56 Å². The lowest BCUT2D eigenvalue weighted by Gasteiger charge is -2.23. The Kier molecular flexibility index (Phi) is 4.23. The molecular formula is C15H17N3O5. The van der Waals surface area contributed by atoms with Crippen LogP contribution in [0.2, 0.25) is 0 Å². The van der Waals surface area contributed by atoms with Gasteiger partial charge in [0.15, 0.2) is 12.1 Å². The van der Waals surface area contributed by atoms with Crippen LogP contribution < -0.4 is 0 Å². The number of hydrogen-bond acceptors (Lipinski definition) is 6. The molecule has 1 unspecified atom stereocenters. The summed E-state index contributed by atoms with van der Waals surface area (Å²) in [6, 6.07) is 8.01. The molecule has 0 radical (unpaired) electrons. The standard InChI is InChI=1S/C15H17N3O5/c1-15(2)22-12-11(17-18-16)10(21-14(12)23-15)8-20-13(19)9-6-4-3-5-7-9/h3-7,10-12,14H,8H2,1-2H3/t10-,11+,12?,14-/m1/s1. The number of nitrogens with zero attached hydrogens (tertiary/aromatic N) is 3. The lowest BCUT2D eigenvalue weighted by atomic mass is 10.1. The minimum Gasteiger partial charge on any atom is -0.459 e. The third kappa shape index (κ3) is 3.30. The van der Waals surface area contributed by atoms with Gasteiger partial charge in [0.25, 0.3) is 0 Å². The minimum atomic E-state index is -0.801. The second kappa shape index (κ2) is 6.17. The highest BCUT2D eigenvalue weighted by atomic mass is 16.8. The number of hydrogen-bond donors (Lipinski definition) is 0. The molecule has 0 spiro atoms. The van der Waals surface area contributed by atoms with E-state index in [9.17, 15) is 4.79 Å². The van der Waals surface area contributed by atoms with Crippen LogP contribution in [0.1, 0.15) is 24.2 Å². The number of azide groups is 1. The van der Waals surface area contributed by atoms with Gasteiger partial charge in [-0.15, -0.1) is 0 Å². The van der Waals surface area contributed by atoms with Crippen LogP contribution in [0.5, 0.6) is 0 Å². The van der Waals surface area contributed by atoms with E-state index in [1.807, 2.05) is 6.07 Å². The van der Waals surface area contributed by atoms with Crippen molar-refractivity contribution in [1.82, 2.24) is 0 Å². The Morgan fingerprint density at radius 3 is 2.78 bits per heavy atom. The van der Waals surface area contributed by atoms with Gasteiger partial charge in [-0.1, -0.05) is 23.3 Å². The fraction of sp³-hybridized carbons (Fsp3) is 0.533. The van der Waals surface area contributed by atoms with Crippen molar-refractivity contribution in [2.75, 3.05) is 6.61 Å². The van der Waals surface area contributed by atoms with Crippen LogP contribution in [0.3, 0.4) is 0 Å². The van der Waals surface area contributed by atoms with Crippen LogP contribution in [0.4, 0.5) is 0 Å². The summed E-state index contributed by atoms with van der Waals surface area (Å²) in [5, 5.41) is 3.72. The summed E-state index contributed by atoms with van der Waals surface area (Å²) in [4.78, 5) is 14.8. The molecular weight excluding hydrogens is 302 g/mol. The molecule has 0 bridgehead atoms. The normalized spacial score (nSPS) is 31.2. The predicted octanol–water partition coefficient (Wildman–Crippen LogP) is 2.40. The van der Waals surface area contributed by atoms with Crippen molar-refractivity contribution >= 4 is 5.97 Å². The van der Waals surface area contributed by atoms with E-state index in [0.717, 1.165) is 0 Å². The Morgan fingerprint density at radius 1 is 1.35 bits per heavy atom. The number of esters is 1. The number of carbonyl (C=O) groups excluding carboxylic acids is 1. The van der Waals surface area contributed by atoms with Crippen molar-refractivity contribution in [3.63, 3.8) is 0 Å². The first-order chi connectivity index (χ1) is 11.0. The van der Waals surface area contributed by atoms with Crippen molar-refractivity contribution in [2.45, 2.75) is 44.2 Å². The Morgan fingerprint density at radius 2 is 2.09 bits per heavy atom. The predicted molar refractivity (Wildman–Crippen MR) is 78.4 cm³/mol. The van der Waals surface area contributed by atoms with Gasteiger partial charge in [-0.3, -0.25) is 0 Å². The lowest BCUT2D eigenvalue weighted by molar-refractivity contribution is -0.209. The molecule has 2 aliphatic rings. The smallest absolute Gasteiger partial charge is 0.338 e. The van der Waals surface area contributed by atoms with Crippen molar-refractivity contribution in [3.05, 3.63) is 46.3 Å². The molecule has 2 heterocycles. The second-order valence-corrected chi connectivity index (χ2v) is 5.80. The maximum absolute atomic E-state index is 12.0. The number of rotatable bonds is 4. The molecule has 0 aromatic heterocycles. The number of benzene rings is 1. The molecule has 8 nitrogen and oxygen atoms in total. The minimum absolute atomic E-state index is 0.0441. The molecule has 8 heteroatoms. The Balaban J connectivity index is 1.64. The van der Waals surface area contributed by atoms with Gasteiger partial charge in [-0.2, -0.15) is 0 Å². The van der Waals surface area contributed by atoms with E-state index >= 15 is 0 Å². The zero-order valence-electron chi connectivity index (χ0n) is 12.8. The molecule has 23 heavy (non-hydrogen) atoms. The first-order valence-corrected chi connectivity index (χ1v) is 7.28. The Labute approximate surface area is 132 Å². The topological polar surface area (TPSA) is 103 Å². The fourth-order valence-corrected chi connectivity index (χ4v) is 2.71. The van der Waals surface area contributed by atoms with Gasteiger partial charge in [0, 0.05) is 4.91 Å². The SMILES string of the molecule is CC1(C)OC2[C@H](O[C@H](COC(=O)c3ccccc3)[C@@H]2N=[N+]=[N-])O1. The molecule has 0 N–H and O–H groups in total. The van der Waals surface area contributed by atoms with Crippen molar-refractivity contribution in [1.29, 1.82) is 0 Å². The number of fused-ring (bicyclic) bond motifs is 1.